The van der Waals surface area contributed by atoms with Gasteiger partial charge < -0.3 is 4.74 Å². The summed E-state index contributed by atoms with van der Waals surface area (Å²) in [5.74, 6) is -0.809. The van der Waals surface area contributed by atoms with E-state index in [1.807, 2.05) is 0 Å². The van der Waals surface area contributed by atoms with Crippen LogP contribution in [0.5, 0.6) is 0 Å². The number of ether oxygens (including phenoxy) is 1. The highest BCUT2D eigenvalue weighted by Gasteiger charge is 2.23. The summed E-state index contributed by atoms with van der Waals surface area (Å²) in [5.41, 5.74) is -0.0201. The standard InChI is InChI=1S/C12H13FN2O3S/c13-12-4-3-10(6-9(12)7-14)15-19(16,17)8-11-2-1-5-18-11/h3-4,6,11,15H,1-2,5,8H2. The van der Waals surface area contributed by atoms with E-state index >= 15 is 0 Å². The number of benzene rings is 1. The van der Waals surface area contributed by atoms with Gasteiger partial charge in [-0.25, -0.2) is 12.8 Å². The van der Waals surface area contributed by atoms with Crippen LogP contribution < -0.4 is 4.72 Å². The van der Waals surface area contributed by atoms with Crippen molar-refractivity contribution in [3.05, 3.63) is 29.6 Å². The first-order chi connectivity index (χ1) is 9.00. The summed E-state index contributed by atoms with van der Waals surface area (Å²) in [5, 5.41) is 8.68. The zero-order chi connectivity index (χ0) is 13.9. The fourth-order valence-electron chi connectivity index (χ4n) is 1.92. The molecular weight excluding hydrogens is 271 g/mol. The van der Waals surface area contributed by atoms with E-state index in [-0.39, 0.29) is 23.1 Å². The van der Waals surface area contributed by atoms with Crippen molar-refractivity contribution in [1.82, 2.24) is 0 Å². The number of hydrogen-bond acceptors (Lipinski definition) is 4. The third-order valence-electron chi connectivity index (χ3n) is 2.79. The fraction of sp³-hybridized carbons (Fsp3) is 0.417. The van der Waals surface area contributed by atoms with Crippen molar-refractivity contribution in [2.24, 2.45) is 0 Å². The van der Waals surface area contributed by atoms with Gasteiger partial charge in [-0.1, -0.05) is 0 Å². The van der Waals surface area contributed by atoms with E-state index in [9.17, 15) is 12.8 Å². The Morgan fingerprint density at radius 3 is 2.95 bits per heavy atom. The average molecular weight is 284 g/mol. The van der Waals surface area contributed by atoms with Crippen LogP contribution in [0.3, 0.4) is 0 Å². The van der Waals surface area contributed by atoms with E-state index in [1.165, 1.54) is 12.1 Å². The molecule has 0 aromatic heterocycles. The second-order valence-corrected chi connectivity index (χ2v) is 6.09. The van der Waals surface area contributed by atoms with Crippen LogP contribution in [-0.4, -0.2) is 26.9 Å². The summed E-state index contributed by atoms with van der Waals surface area (Å²) in [6.45, 7) is 0.579. The van der Waals surface area contributed by atoms with Crippen LogP contribution in [-0.2, 0) is 14.8 Å². The maximum atomic E-state index is 13.1. The van der Waals surface area contributed by atoms with Crippen molar-refractivity contribution in [1.29, 1.82) is 5.26 Å². The summed E-state index contributed by atoms with van der Waals surface area (Å²) in [7, 11) is -3.56. The van der Waals surface area contributed by atoms with Crippen molar-refractivity contribution in [3.63, 3.8) is 0 Å². The fourth-order valence-corrected chi connectivity index (χ4v) is 3.24. The van der Waals surface area contributed by atoms with Gasteiger partial charge in [0.05, 0.1) is 17.4 Å². The molecule has 1 aromatic carbocycles. The number of anilines is 1. The molecule has 0 spiro atoms. The van der Waals surface area contributed by atoms with Gasteiger partial charge in [0, 0.05) is 12.3 Å². The first-order valence-corrected chi connectivity index (χ1v) is 7.47. The molecule has 1 aliphatic heterocycles. The average Bonchev–Trinajstić information content (AvgIpc) is 2.83. The van der Waals surface area contributed by atoms with Crippen molar-refractivity contribution in [2.45, 2.75) is 18.9 Å². The smallest absolute Gasteiger partial charge is 0.235 e. The van der Waals surface area contributed by atoms with Crippen molar-refractivity contribution in [2.75, 3.05) is 17.1 Å². The minimum absolute atomic E-state index is 0.133. The van der Waals surface area contributed by atoms with Gasteiger partial charge in [-0.05, 0) is 31.0 Å². The molecule has 19 heavy (non-hydrogen) atoms. The highest BCUT2D eigenvalue weighted by atomic mass is 32.2. The number of halogens is 1. The lowest BCUT2D eigenvalue weighted by molar-refractivity contribution is 0.127. The Labute approximate surface area is 111 Å². The van der Waals surface area contributed by atoms with Crippen molar-refractivity contribution < 1.29 is 17.5 Å². The lowest BCUT2D eigenvalue weighted by atomic mass is 10.2. The minimum Gasteiger partial charge on any atom is -0.377 e. The molecule has 102 valence electrons. The first kappa shape index (κ1) is 13.8. The van der Waals surface area contributed by atoms with Gasteiger partial charge in [0.1, 0.15) is 11.9 Å². The SMILES string of the molecule is N#Cc1cc(NS(=O)(=O)CC2CCCO2)ccc1F. The monoisotopic (exact) mass is 284 g/mol. The van der Waals surface area contributed by atoms with Crippen LogP contribution in [0.4, 0.5) is 10.1 Å². The van der Waals surface area contributed by atoms with E-state index in [0.29, 0.717) is 13.0 Å². The lowest BCUT2D eigenvalue weighted by Gasteiger charge is -2.12. The molecule has 5 nitrogen and oxygen atoms in total. The third kappa shape index (κ3) is 3.66. The predicted octanol–water partition coefficient (Wildman–Crippen LogP) is 1.62. The highest BCUT2D eigenvalue weighted by molar-refractivity contribution is 7.92. The molecule has 0 bridgehead atoms. The normalized spacial score (nSPS) is 19.1. The number of nitrogens with zero attached hydrogens (tertiary/aromatic N) is 1. The molecule has 7 heteroatoms. The Morgan fingerprint density at radius 2 is 2.32 bits per heavy atom. The zero-order valence-electron chi connectivity index (χ0n) is 10.1. The Morgan fingerprint density at radius 1 is 1.53 bits per heavy atom. The summed E-state index contributed by atoms with van der Waals surface area (Å²) < 4.78 is 44.4. The molecule has 1 saturated heterocycles. The molecular formula is C12H13FN2O3S. The molecule has 0 radical (unpaired) electrons. The molecule has 0 amide bonds. The topological polar surface area (TPSA) is 79.2 Å². The quantitative estimate of drug-likeness (QED) is 0.911. The highest BCUT2D eigenvalue weighted by Crippen LogP contribution is 2.18. The summed E-state index contributed by atoms with van der Waals surface area (Å²) in [6.07, 6.45) is 1.27. The molecule has 1 fully saturated rings. The van der Waals surface area contributed by atoms with Gasteiger partial charge >= 0.3 is 0 Å². The van der Waals surface area contributed by atoms with Crippen molar-refractivity contribution in [3.8, 4) is 6.07 Å². The molecule has 0 saturated carbocycles. The maximum Gasteiger partial charge on any atom is 0.235 e. The van der Waals surface area contributed by atoms with Crippen LogP contribution in [0.2, 0.25) is 0 Å². The number of nitrogens with one attached hydrogen (secondary N) is 1. The Balaban J connectivity index is 2.09. The lowest BCUT2D eigenvalue weighted by Crippen LogP contribution is -2.25. The first-order valence-electron chi connectivity index (χ1n) is 5.82. The molecule has 1 N–H and O–H groups in total. The van der Waals surface area contributed by atoms with Crippen LogP contribution in [0, 0.1) is 17.1 Å². The Hall–Kier alpha value is -1.65. The van der Waals surface area contributed by atoms with E-state index in [4.69, 9.17) is 10.00 Å². The second-order valence-electron chi connectivity index (χ2n) is 4.32. The number of nitriles is 1. The van der Waals surface area contributed by atoms with E-state index < -0.39 is 15.8 Å². The van der Waals surface area contributed by atoms with Gasteiger partial charge in [0.15, 0.2) is 0 Å². The van der Waals surface area contributed by atoms with E-state index in [2.05, 4.69) is 4.72 Å². The summed E-state index contributed by atoms with van der Waals surface area (Å²) >= 11 is 0. The number of rotatable bonds is 4. The van der Waals surface area contributed by atoms with E-state index in [0.717, 1.165) is 12.5 Å². The van der Waals surface area contributed by atoms with Crippen LogP contribution >= 0.6 is 0 Å². The molecule has 2 rings (SSSR count). The molecule has 1 unspecified atom stereocenters. The van der Waals surface area contributed by atoms with Gasteiger partial charge in [-0.2, -0.15) is 5.26 Å². The predicted molar refractivity (Wildman–Crippen MR) is 67.5 cm³/mol. The summed E-state index contributed by atoms with van der Waals surface area (Å²) in [6, 6.07) is 5.17. The molecule has 0 aliphatic carbocycles. The van der Waals surface area contributed by atoms with Crippen molar-refractivity contribution >= 4 is 15.7 Å². The second kappa shape index (κ2) is 5.55. The zero-order valence-corrected chi connectivity index (χ0v) is 10.9. The van der Waals surface area contributed by atoms with E-state index in [1.54, 1.807) is 6.07 Å². The third-order valence-corrected chi connectivity index (χ3v) is 4.15. The molecule has 1 aliphatic rings. The largest absolute Gasteiger partial charge is 0.377 e. The van der Waals surface area contributed by atoms with Gasteiger partial charge in [-0.15, -0.1) is 0 Å². The molecule has 1 atom stereocenters. The Bertz CT molecular complexity index is 604. The Kier molecular flexibility index (Phi) is 4.02. The molecule has 1 aromatic rings. The van der Waals surface area contributed by atoms with Crippen LogP contribution in [0.25, 0.3) is 0 Å². The number of sulfonamides is 1. The maximum absolute atomic E-state index is 13.1. The van der Waals surface area contributed by atoms with Crippen LogP contribution in [0.15, 0.2) is 18.2 Å². The van der Waals surface area contributed by atoms with Gasteiger partial charge in [-0.3, -0.25) is 4.72 Å². The minimum atomic E-state index is -3.56. The van der Waals surface area contributed by atoms with Crippen LogP contribution in [0.1, 0.15) is 18.4 Å². The number of hydrogen-bond donors (Lipinski definition) is 1. The van der Waals surface area contributed by atoms with Gasteiger partial charge in [0.2, 0.25) is 10.0 Å². The summed E-state index contributed by atoms with van der Waals surface area (Å²) in [4.78, 5) is 0. The van der Waals surface area contributed by atoms with Gasteiger partial charge in [0.25, 0.3) is 0 Å². The molecule has 1 heterocycles.